The lowest BCUT2D eigenvalue weighted by Gasteiger charge is -2.21. The van der Waals surface area contributed by atoms with Crippen molar-refractivity contribution in [3.63, 3.8) is 0 Å². The van der Waals surface area contributed by atoms with Crippen LogP contribution in [-0.2, 0) is 29.6 Å². The molecule has 3 aromatic carbocycles. The maximum atomic E-state index is 13.4. The maximum absolute atomic E-state index is 13.4. The van der Waals surface area contributed by atoms with Crippen LogP contribution in [0.3, 0.4) is 0 Å². The fraction of sp³-hybridized carbons (Fsp3) is 0.250. The van der Waals surface area contributed by atoms with E-state index in [9.17, 15) is 14.9 Å². The van der Waals surface area contributed by atoms with Crippen molar-refractivity contribution in [1.82, 2.24) is 14.9 Å². The third-order valence-electron chi connectivity index (χ3n) is 7.82. The lowest BCUT2D eigenvalue weighted by molar-refractivity contribution is -0.131. The summed E-state index contributed by atoms with van der Waals surface area (Å²) in [4.78, 5) is 36.5. The van der Waals surface area contributed by atoms with Crippen molar-refractivity contribution >= 4 is 17.5 Å². The molecule has 6 rings (SSSR count). The van der Waals surface area contributed by atoms with E-state index in [1.807, 2.05) is 48.5 Å². The number of aromatic amines is 1. The fourth-order valence-electron chi connectivity index (χ4n) is 5.57. The highest BCUT2D eigenvalue weighted by Gasteiger charge is 2.48. The van der Waals surface area contributed by atoms with Gasteiger partial charge in [-0.3, -0.25) is 9.59 Å². The minimum Gasteiger partial charge on any atom is -0.338 e. The number of amides is 1. The highest BCUT2D eigenvalue weighted by molar-refractivity contribution is 6.31. The van der Waals surface area contributed by atoms with E-state index >= 15 is 0 Å². The molecule has 1 fully saturated rings. The van der Waals surface area contributed by atoms with E-state index in [0.717, 1.165) is 47.5 Å². The Morgan fingerprint density at radius 1 is 1.05 bits per heavy atom. The first kappa shape index (κ1) is 25.1. The monoisotopic (exact) mass is 534 g/mol. The first-order valence-electron chi connectivity index (χ1n) is 13.2. The van der Waals surface area contributed by atoms with Crippen LogP contribution >= 0.6 is 11.6 Å². The molecule has 2 heterocycles. The van der Waals surface area contributed by atoms with E-state index in [0.29, 0.717) is 29.1 Å². The van der Waals surface area contributed by atoms with Crippen LogP contribution in [0.5, 0.6) is 0 Å². The number of aromatic nitrogens is 2. The van der Waals surface area contributed by atoms with Crippen LogP contribution < -0.4 is 5.56 Å². The molecular formula is C32H27ClN4O2. The van der Waals surface area contributed by atoms with Crippen molar-refractivity contribution in [2.24, 2.45) is 0 Å². The number of hydrogen-bond donors (Lipinski definition) is 1. The molecule has 1 N–H and O–H groups in total. The van der Waals surface area contributed by atoms with E-state index in [-0.39, 0.29) is 29.8 Å². The summed E-state index contributed by atoms with van der Waals surface area (Å²) < 4.78 is 0. The molecule has 1 aliphatic carbocycles. The summed E-state index contributed by atoms with van der Waals surface area (Å²) in [6, 6.07) is 25.3. The van der Waals surface area contributed by atoms with E-state index in [2.05, 4.69) is 23.2 Å². The van der Waals surface area contributed by atoms with Gasteiger partial charge in [0.25, 0.3) is 5.56 Å². The number of carbonyl (C=O) groups is 1. The summed E-state index contributed by atoms with van der Waals surface area (Å²) in [7, 11) is 0. The van der Waals surface area contributed by atoms with Gasteiger partial charge in [-0.1, -0.05) is 66.2 Å². The summed E-state index contributed by atoms with van der Waals surface area (Å²) in [5.74, 6) is 0.713. The number of aryl methyl sites for hydroxylation is 1. The van der Waals surface area contributed by atoms with E-state index in [1.165, 1.54) is 5.56 Å². The van der Waals surface area contributed by atoms with Crippen molar-refractivity contribution in [3.05, 3.63) is 122 Å². The second-order valence-electron chi connectivity index (χ2n) is 10.4. The molecule has 1 saturated carbocycles. The Hall–Kier alpha value is -4.21. The SMILES string of the molecule is N#Cc1cc(Cl)cc(-c2cccc(CC(=O)N3CCCc4nc(C5(c6ccccc6)CC5)[nH]c(=O)c4C3)c2)c1. The second-order valence-corrected chi connectivity index (χ2v) is 10.9. The molecule has 4 aromatic rings. The van der Waals surface area contributed by atoms with Gasteiger partial charge in [0, 0.05) is 11.6 Å². The van der Waals surface area contributed by atoms with Crippen LogP contribution in [0.15, 0.2) is 77.6 Å². The highest BCUT2D eigenvalue weighted by atomic mass is 35.5. The third kappa shape index (κ3) is 4.98. The lowest BCUT2D eigenvalue weighted by atomic mass is 9.94. The summed E-state index contributed by atoms with van der Waals surface area (Å²) in [6.07, 6.45) is 3.58. The van der Waals surface area contributed by atoms with Crippen LogP contribution in [0, 0.1) is 11.3 Å². The topological polar surface area (TPSA) is 89.8 Å². The second kappa shape index (κ2) is 10.2. The van der Waals surface area contributed by atoms with Gasteiger partial charge in [0.05, 0.1) is 41.3 Å². The van der Waals surface area contributed by atoms with Gasteiger partial charge in [-0.05, 0) is 66.1 Å². The van der Waals surface area contributed by atoms with Crippen molar-refractivity contribution in [2.45, 2.75) is 44.1 Å². The van der Waals surface area contributed by atoms with E-state index in [1.54, 1.807) is 17.0 Å². The average molecular weight is 535 g/mol. The van der Waals surface area contributed by atoms with Crippen LogP contribution in [0.4, 0.5) is 0 Å². The molecule has 0 saturated heterocycles. The number of H-pyrrole nitrogens is 1. The molecule has 1 aliphatic heterocycles. The Kier molecular flexibility index (Phi) is 6.54. The van der Waals surface area contributed by atoms with Gasteiger partial charge < -0.3 is 9.88 Å². The number of rotatable bonds is 5. The van der Waals surface area contributed by atoms with Crippen molar-refractivity contribution in [3.8, 4) is 17.2 Å². The Balaban J connectivity index is 1.22. The van der Waals surface area contributed by atoms with Crippen molar-refractivity contribution < 1.29 is 4.79 Å². The van der Waals surface area contributed by atoms with Gasteiger partial charge in [0.2, 0.25) is 5.91 Å². The zero-order valence-corrected chi connectivity index (χ0v) is 22.2. The molecule has 0 spiro atoms. The molecule has 0 atom stereocenters. The van der Waals surface area contributed by atoms with Gasteiger partial charge in [0.1, 0.15) is 5.82 Å². The number of hydrogen-bond acceptors (Lipinski definition) is 4. The number of carbonyl (C=O) groups excluding carboxylic acids is 1. The summed E-state index contributed by atoms with van der Waals surface area (Å²) >= 11 is 6.20. The van der Waals surface area contributed by atoms with Crippen LogP contribution in [0.1, 0.15) is 53.0 Å². The smallest absolute Gasteiger partial charge is 0.256 e. The number of nitrogens with zero attached hydrogens (tertiary/aromatic N) is 3. The maximum Gasteiger partial charge on any atom is 0.256 e. The van der Waals surface area contributed by atoms with Gasteiger partial charge in [-0.15, -0.1) is 0 Å². The number of halogens is 1. The summed E-state index contributed by atoms with van der Waals surface area (Å²) in [5.41, 5.74) is 5.29. The van der Waals surface area contributed by atoms with Crippen LogP contribution in [0.25, 0.3) is 11.1 Å². The Bertz CT molecular complexity index is 1670. The molecule has 6 nitrogen and oxygen atoms in total. The lowest BCUT2D eigenvalue weighted by Crippen LogP contribution is -2.34. The standard InChI is InChI=1S/C32H27ClN4O2/c33-26-16-22(19-34)15-24(18-26)23-7-4-6-21(14-23)17-29(38)37-13-5-10-28-27(20-37)30(39)36-31(35-28)32(11-12-32)25-8-2-1-3-9-25/h1-4,6-9,14-16,18H,5,10-13,17,20H2,(H,35,36,39). The van der Waals surface area contributed by atoms with Gasteiger partial charge >= 0.3 is 0 Å². The zero-order valence-electron chi connectivity index (χ0n) is 21.4. The first-order chi connectivity index (χ1) is 18.9. The van der Waals surface area contributed by atoms with Crippen molar-refractivity contribution in [1.29, 1.82) is 5.26 Å². The van der Waals surface area contributed by atoms with Crippen LogP contribution in [0.2, 0.25) is 5.02 Å². The van der Waals surface area contributed by atoms with Crippen LogP contribution in [-0.4, -0.2) is 27.3 Å². The Morgan fingerprint density at radius 3 is 2.64 bits per heavy atom. The third-order valence-corrected chi connectivity index (χ3v) is 8.03. The number of fused-ring (bicyclic) bond motifs is 1. The Morgan fingerprint density at radius 2 is 1.87 bits per heavy atom. The normalized spacial score (nSPS) is 15.6. The van der Waals surface area contributed by atoms with E-state index < -0.39 is 0 Å². The molecule has 0 bridgehead atoms. The quantitative estimate of drug-likeness (QED) is 0.363. The molecule has 2 aliphatic rings. The van der Waals surface area contributed by atoms with Crippen molar-refractivity contribution in [2.75, 3.05) is 6.54 Å². The molecule has 1 amide bonds. The fourth-order valence-corrected chi connectivity index (χ4v) is 5.81. The van der Waals surface area contributed by atoms with Gasteiger partial charge in [-0.25, -0.2) is 4.98 Å². The predicted molar refractivity (Wildman–Crippen MR) is 150 cm³/mol. The van der Waals surface area contributed by atoms with Gasteiger partial charge in [0.15, 0.2) is 0 Å². The molecule has 7 heteroatoms. The number of nitrogens with one attached hydrogen (secondary N) is 1. The molecular weight excluding hydrogens is 508 g/mol. The zero-order chi connectivity index (χ0) is 27.0. The molecule has 1 aromatic heterocycles. The highest BCUT2D eigenvalue weighted by Crippen LogP contribution is 2.51. The van der Waals surface area contributed by atoms with Gasteiger partial charge in [-0.2, -0.15) is 5.26 Å². The molecule has 0 unspecified atom stereocenters. The first-order valence-corrected chi connectivity index (χ1v) is 13.6. The minimum atomic E-state index is -0.209. The summed E-state index contributed by atoms with van der Waals surface area (Å²) in [5, 5.41) is 9.78. The predicted octanol–water partition coefficient (Wildman–Crippen LogP) is 5.56. The minimum absolute atomic E-state index is 0.0322. The molecule has 0 radical (unpaired) electrons. The van der Waals surface area contributed by atoms with E-state index in [4.69, 9.17) is 16.6 Å². The Labute approximate surface area is 231 Å². The number of nitriles is 1. The average Bonchev–Trinajstić information content (AvgIpc) is 3.78. The number of benzene rings is 3. The largest absolute Gasteiger partial charge is 0.338 e. The molecule has 39 heavy (non-hydrogen) atoms. The molecule has 194 valence electrons. The summed E-state index contributed by atoms with van der Waals surface area (Å²) in [6.45, 7) is 0.835.